The Balaban J connectivity index is 1.89. The van der Waals surface area contributed by atoms with Gasteiger partial charge in [-0.05, 0) is 28.9 Å². The van der Waals surface area contributed by atoms with Crippen LogP contribution in [-0.2, 0) is 7.05 Å². The van der Waals surface area contributed by atoms with Gasteiger partial charge in [0.25, 0.3) is 0 Å². The zero-order chi connectivity index (χ0) is 13.4. The van der Waals surface area contributed by atoms with Crippen molar-refractivity contribution in [1.29, 1.82) is 0 Å². The summed E-state index contributed by atoms with van der Waals surface area (Å²) in [6.45, 7) is 2.06. The lowest BCUT2D eigenvalue weighted by atomic mass is 10.2. The molecule has 1 N–H and O–H groups in total. The molecule has 0 spiro atoms. The summed E-state index contributed by atoms with van der Waals surface area (Å²) in [6, 6.07) is 2.08. The van der Waals surface area contributed by atoms with Crippen LogP contribution in [0.15, 0.2) is 28.3 Å². The summed E-state index contributed by atoms with van der Waals surface area (Å²) in [5, 5.41) is 9.48. The average molecular weight is 338 g/mol. The van der Waals surface area contributed by atoms with Gasteiger partial charge in [0.1, 0.15) is 5.52 Å². The van der Waals surface area contributed by atoms with Gasteiger partial charge in [-0.3, -0.25) is 4.68 Å². The van der Waals surface area contributed by atoms with E-state index in [4.69, 9.17) is 0 Å². The van der Waals surface area contributed by atoms with Crippen LogP contribution in [-0.4, -0.2) is 19.7 Å². The van der Waals surface area contributed by atoms with E-state index in [1.54, 1.807) is 17.5 Å². The van der Waals surface area contributed by atoms with E-state index < -0.39 is 0 Å². The fraction of sp³-hybridized carbons (Fsp3) is 0.250. The molecule has 3 aromatic heterocycles. The molecule has 0 saturated carbocycles. The molecule has 3 rings (SSSR count). The number of halogens is 1. The molecule has 0 aliphatic carbocycles. The van der Waals surface area contributed by atoms with Crippen molar-refractivity contribution in [3.63, 3.8) is 0 Å². The van der Waals surface area contributed by atoms with E-state index in [-0.39, 0.29) is 6.04 Å². The molecule has 0 aromatic carbocycles. The number of thiophene rings is 1. The average Bonchev–Trinajstić information content (AvgIpc) is 2.97. The molecule has 1 atom stereocenters. The van der Waals surface area contributed by atoms with Gasteiger partial charge >= 0.3 is 0 Å². The van der Waals surface area contributed by atoms with Crippen molar-refractivity contribution >= 4 is 43.4 Å². The van der Waals surface area contributed by atoms with Gasteiger partial charge in [-0.2, -0.15) is 5.10 Å². The molecule has 0 bridgehead atoms. The third-order valence-corrected chi connectivity index (χ3v) is 4.73. The van der Waals surface area contributed by atoms with Crippen molar-refractivity contribution in [2.24, 2.45) is 7.05 Å². The molecule has 0 saturated heterocycles. The van der Waals surface area contributed by atoms with Crippen LogP contribution in [0, 0.1) is 0 Å². The second-order valence-corrected chi connectivity index (χ2v) is 6.00. The van der Waals surface area contributed by atoms with Crippen molar-refractivity contribution in [2.45, 2.75) is 13.0 Å². The first kappa shape index (κ1) is 12.6. The topological polar surface area (TPSA) is 55.6 Å². The van der Waals surface area contributed by atoms with Crippen molar-refractivity contribution in [3.8, 4) is 0 Å². The third kappa shape index (κ3) is 2.35. The van der Waals surface area contributed by atoms with E-state index in [0.717, 1.165) is 20.4 Å². The molecule has 1 unspecified atom stereocenters. The van der Waals surface area contributed by atoms with Crippen LogP contribution in [0.25, 0.3) is 10.2 Å². The molecular weight excluding hydrogens is 326 g/mol. The number of aryl methyl sites for hydroxylation is 1. The molecule has 0 amide bonds. The van der Waals surface area contributed by atoms with Crippen LogP contribution in [0.5, 0.6) is 0 Å². The van der Waals surface area contributed by atoms with Crippen molar-refractivity contribution in [3.05, 3.63) is 34.0 Å². The Morgan fingerprint density at radius 2 is 2.32 bits per heavy atom. The maximum Gasteiger partial charge on any atom is 0.223 e. The zero-order valence-electron chi connectivity index (χ0n) is 10.5. The van der Waals surface area contributed by atoms with E-state index in [9.17, 15) is 0 Å². The Kier molecular flexibility index (Phi) is 3.24. The van der Waals surface area contributed by atoms with Crippen LogP contribution < -0.4 is 5.32 Å². The minimum absolute atomic E-state index is 0.0994. The van der Waals surface area contributed by atoms with Crippen LogP contribution in [0.2, 0.25) is 0 Å². The van der Waals surface area contributed by atoms with Gasteiger partial charge < -0.3 is 5.32 Å². The second-order valence-electron chi connectivity index (χ2n) is 4.24. The first-order valence-corrected chi connectivity index (χ1v) is 7.46. The maximum absolute atomic E-state index is 4.53. The summed E-state index contributed by atoms with van der Waals surface area (Å²) < 4.78 is 3.92. The highest BCUT2D eigenvalue weighted by Crippen LogP contribution is 2.29. The largest absolute Gasteiger partial charge is 0.346 e. The lowest BCUT2D eigenvalue weighted by Crippen LogP contribution is -2.13. The molecule has 3 heterocycles. The first-order chi connectivity index (χ1) is 9.15. The highest BCUT2D eigenvalue weighted by atomic mass is 79.9. The predicted octanol–water partition coefficient (Wildman–Crippen LogP) is 3.36. The van der Waals surface area contributed by atoms with Crippen molar-refractivity contribution in [2.75, 3.05) is 5.32 Å². The monoisotopic (exact) mass is 337 g/mol. The molecular formula is C12H12BrN5S. The summed E-state index contributed by atoms with van der Waals surface area (Å²) in [4.78, 5) is 8.86. The van der Waals surface area contributed by atoms with E-state index in [1.807, 2.05) is 29.4 Å². The van der Waals surface area contributed by atoms with E-state index in [1.165, 1.54) is 0 Å². The Labute approximate surface area is 122 Å². The molecule has 0 aliphatic heterocycles. The number of rotatable bonds is 3. The van der Waals surface area contributed by atoms with Crippen LogP contribution >= 0.6 is 27.3 Å². The highest BCUT2D eigenvalue weighted by Gasteiger charge is 2.12. The maximum atomic E-state index is 4.53. The van der Waals surface area contributed by atoms with Gasteiger partial charge in [0.05, 0.1) is 27.1 Å². The van der Waals surface area contributed by atoms with Gasteiger partial charge in [0.2, 0.25) is 5.95 Å². The summed E-state index contributed by atoms with van der Waals surface area (Å²) >= 11 is 5.12. The minimum Gasteiger partial charge on any atom is -0.346 e. The minimum atomic E-state index is 0.0994. The molecule has 7 heteroatoms. The summed E-state index contributed by atoms with van der Waals surface area (Å²) in [5.74, 6) is 0.625. The lowest BCUT2D eigenvalue weighted by molar-refractivity contribution is 0.673. The SMILES string of the molecule is CC(Nc1ncc2scc(Br)c2n1)c1ccnn1C. The number of nitrogens with one attached hydrogen (secondary N) is 1. The van der Waals surface area contributed by atoms with Crippen LogP contribution in [0.4, 0.5) is 5.95 Å². The van der Waals surface area contributed by atoms with E-state index in [2.05, 4.69) is 43.2 Å². The second kappa shape index (κ2) is 4.90. The molecule has 0 fully saturated rings. The van der Waals surface area contributed by atoms with Crippen LogP contribution in [0.1, 0.15) is 18.7 Å². The zero-order valence-corrected chi connectivity index (χ0v) is 12.9. The molecule has 0 aliphatic rings. The quantitative estimate of drug-likeness (QED) is 0.796. The van der Waals surface area contributed by atoms with Gasteiger partial charge in [-0.25, -0.2) is 9.97 Å². The normalized spacial score (nSPS) is 12.8. The molecule has 98 valence electrons. The lowest BCUT2D eigenvalue weighted by Gasteiger charge is -2.13. The highest BCUT2D eigenvalue weighted by molar-refractivity contribution is 9.10. The van der Waals surface area contributed by atoms with Crippen molar-refractivity contribution < 1.29 is 0 Å². The van der Waals surface area contributed by atoms with Gasteiger partial charge in [-0.15, -0.1) is 11.3 Å². The number of hydrogen-bond donors (Lipinski definition) is 1. The predicted molar refractivity (Wildman–Crippen MR) is 80.4 cm³/mol. The summed E-state index contributed by atoms with van der Waals surface area (Å²) in [6.07, 6.45) is 3.63. The first-order valence-electron chi connectivity index (χ1n) is 5.79. The number of hydrogen-bond acceptors (Lipinski definition) is 5. The van der Waals surface area contributed by atoms with Gasteiger partial charge in [0.15, 0.2) is 0 Å². The third-order valence-electron chi connectivity index (χ3n) is 2.92. The smallest absolute Gasteiger partial charge is 0.223 e. The Morgan fingerprint density at radius 3 is 3.05 bits per heavy atom. The van der Waals surface area contributed by atoms with E-state index in [0.29, 0.717) is 5.95 Å². The number of nitrogens with zero attached hydrogens (tertiary/aromatic N) is 4. The van der Waals surface area contributed by atoms with Gasteiger partial charge in [0, 0.05) is 18.6 Å². The molecule has 5 nitrogen and oxygen atoms in total. The fourth-order valence-corrected chi connectivity index (χ4v) is 3.38. The fourth-order valence-electron chi connectivity index (χ4n) is 1.95. The molecule has 3 aromatic rings. The summed E-state index contributed by atoms with van der Waals surface area (Å²) in [5.41, 5.74) is 2.03. The number of anilines is 1. The standard InChI is InChI=1S/C12H12BrN5S/c1-7(9-3-4-15-18(9)2)16-12-14-5-10-11(17-12)8(13)6-19-10/h3-7H,1-2H3,(H,14,16,17). The Morgan fingerprint density at radius 1 is 1.47 bits per heavy atom. The van der Waals surface area contributed by atoms with E-state index >= 15 is 0 Å². The summed E-state index contributed by atoms with van der Waals surface area (Å²) in [7, 11) is 1.92. The number of fused-ring (bicyclic) bond motifs is 1. The van der Waals surface area contributed by atoms with Crippen LogP contribution in [0.3, 0.4) is 0 Å². The Bertz CT molecular complexity index is 720. The molecule has 0 radical (unpaired) electrons. The number of aromatic nitrogens is 4. The molecule has 19 heavy (non-hydrogen) atoms. The van der Waals surface area contributed by atoms with Gasteiger partial charge in [-0.1, -0.05) is 0 Å². The Hall–Kier alpha value is -1.47. The van der Waals surface area contributed by atoms with Crippen molar-refractivity contribution in [1.82, 2.24) is 19.7 Å².